The summed E-state index contributed by atoms with van der Waals surface area (Å²) in [6, 6.07) is 5.25. The second-order valence-corrected chi connectivity index (χ2v) is 6.32. The molecular formula is C16H26N4O. The first-order chi connectivity index (χ1) is 10.3. The summed E-state index contributed by atoms with van der Waals surface area (Å²) in [6.45, 7) is 5.26. The maximum atomic E-state index is 9.40. The van der Waals surface area contributed by atoms with Gasteiger partial charge in [-0.05, 0) is 38.3 Å². The van der Waals surface area contributed by atoms with E-state index in [1.165, 1.54) is 25.7 Å². The van der Waals surface area contributed by atoms with Gasteiger partial charge in [0.25, 0.3) is 0 Å². The molecule has 1 N–H and O–H groups in total. The average Bonchev–Trinajstić information content (AvgIpc) is 3.02. The molecule has 1 aromatic rings. The molecular weight excluding hydrogens is 264 g/mol. The fourth-order valence-electron chi connectivity index (χ4n) is 3.76. The van der Waals surface area contributed by atoms with Crippen LogP contribution >= 0.6 is 0 Å². The third-order valence-electron chi connectivity index (χ3n) is 4.89. The molecule has 2 fully saturated rings. The van der Waals surface area contributed by atoms with Crippen LogP contribution in [0.3, 0.4) is 0 Å². The van der Waals surface area contributed by atoms with E-state index in [-0.39, 0.29) is 6.61 Å². The van der Waals surface area contributed by atoms with Gasteiger partial charge in [0.1, 0.15) is 0 Å². The Labute approximate surface area is 127 Å². The topological polar surface area (TPSA) is 52.5 Å². The van der Waals surface area contributed by atoms with Crippen LogP contribution in [0.5, 0.6) is 0 Å². The quantitative estimate of drug-likeness (QED) is 0.913. The molecule has 1 saturated heterocycles. The predicted octanol–water partition coefficient (Wildman–Crippen LogP) is 1.60. The molecule has 0 bridgehead atoms. The van der Waals surface area contributed by atoms with Crippen LogP contribution in [0, 0.1) is 6.92 Å². The number of aryl methyl sites for hydroxylation is 1. The van der Waals surface area contributed by atoms with Gasteiger partial charge in [0.05, 0.1) is 5.69 Å². The van der Waals surface area contributed by atoms with Gasteiger partial charge in [-0.15, -0.1) is 5.10 Å². The van der Waals surface area contributed by atoms with Crippen molar-refractivity contribution in [3.05, 3.63) is 17.8 Å². The van der Waals surface area contributed by atoms with Gasteiger partial charge in [0, 0.05) is 38.3 Å². The zero-order valence-corrected chi connectivity index (χ0v) is 12.9. The number of hydrogen-bond acceptors (Lipinski definition) is 5. The van der Waals surface area contributed by atoms with Crippen molar-refractivity contribution in [2.24, 2.45) is 0 Å². The molecule has 5 nitrogen and oxygen atoms in total. The van der Waals surface area contributed by atoms with Gasteiger partial charge in [-0.1, -0.05) is 12.8 Å². The van der Waals surface area contributed by atoms with Crippen LogP contribution in [0.25, 0.3) is 0 Å². The highest BCUT2D eigenvalue weighted by atomic mass is 16.3. The predicted molar refractivity (Wildman–Crippen MR) is 83.4 cm³/mol. The van der Waals surface area contributed by atoms with Gasteiger partial charge in [-0.25, -0.2) is 0 Å². The van der Waals surface area contributed by atoms with Crippen molar-refractivity contribution in [3.63, 3.8) is 0 Å². The molecule has 2 heterocycles. The van der Waals surface area contributed by atoms with Gasteiger partial charge in [0.15, 0.2) is 5.82 Å². The van der Waals surface area contributed by atoms with Crippen LogP contribution in [0.2, 0.25) is 0 Å². The first-order valence-corrected chi connectivity index (χ1v) is 8.20. The van der Waals surface area contributed by atoms with Gasteiger partial charge in [-0.2, -0.15) is 5.10 Å². The van der Waals surface area contributed by atoms with Gasteiger partial charge in [-0.3, -0.25) is 4.90 Å². The Balaban J connectivity index is 1.69. The van der Waals surface area contributed by atoms with Crippen molar-refractivity contribution < 1.29 is 5.11 Å². The third kappa shape index (κ3) is 3.35. The zero-order valence-electron chi connectivity index (χ0n) is 12.9. The Morgan fingerprint density at radius 3 is 2.67 bits per heavy atom. The normalized spacial score (nSPS) is 24.7. The summed E-state index contributed by atoms with van der Waals surface area (Å²) >= 11 is 0. The molecule has 1 aliphatic carbocycles. The molecule has 1 aromatic heterocycles. The highest BCUT2D eigenvalue weighted by Crippen LogP contribution is 2.28. The number of aliphatic hydroxyl groups excluding tert-OH is 1. The first kappa shape index (κ1) is 14.7. The molecule has 1 aliphatic heterocycles. The Morgan fingerprint density at radius 1 is 1.19 bits per heavy atom. The fraction of sp³-hybridized carbons (Fsp3) is 0.750. The molecule has 3 rings (SSSR count). The smallest absolute Gasteiger partial charge is 0.151 e. The summed E-state index contributed by atoms with van der Waals surface area (Å²) in [5, 5.41) is 17.9. The van der Waals surface area contributed by atoms with Gasteiger partial charge >= 0.3 is 0 Å². The Hall–Kier alpha value is -1.20. The summed E-state index contributed by atoms with van der Waals surface area (Å²) < 4.78 is 0. The van der Waals surface area contributed by atoms with Crippen LogP contribution in [-0.2, 0) is 0 Å². The van der Waals surface area contributed by atoms with Crippen molar-refractivity contribution in [2.75, 3.05) is 31.1 Å². The molecule has 0 radical (unpaired) electrons. The Bertz CT molecular complexity index is 444. The van der Waals surface area contributed by atoms with Crippen molar-refractivity contribution in [2.45, 2.75) is 51.1 Å². The number of rotatable bonds is 4. The number of anilines is 1. The number of piperazine rings is 1. The van der Waals surface area contributed by atoms with E-state index < -0.39 is 0 Å². The number of aliphatic hydroxyl groups is 1. The first-order valence-electron chi connectivity index (χ1n) is 8.20. The van der Waals surface area contributed by atoms with Crippen LogP contribution in [0.1, 0.15) is 37.8 Å². The van der Waals surface area contributed by atoms with Gasteiger partial charge < -0.3 is 10.0 Å². The van der Waals surface area contributed by atoms with Crippen LogP contribution in [-0.4, -0.2) is 58.5 Å². The van der Waals surface area contributed by atoms with Crippen molar-refractivity contribution >= 4 is 5.82 Å². The van der Waals surface area contributed by atoms with E-state index in [0.29, 0.717) is 6.04 Å². The van der Waals surface area contributed by atoms with E-state index in [2.05, 4.69) is 26.1 Å². The van der Waals surface area contributed by atoms with Crippen molar-refractivity contribution in [1.29, 1.82) is 0 Å². The minimum absolute atomic E-state index is 0.265. The number of hydrogen-bond donors (Lipinski definition) is 1. The molecule has 0 unspecified atom stereocenters. The molecule has 1 saturated carbocycles. The average molecular weight is 290 g/mol. The number of aromatic nitrogens is 2. The fourth-order valence-corrected chi connectivity index (χ4v) is 3.76. The van der Waals surface area contributed by atoms with E-state index in [9.17, 15) is 5.11 Å². The lowest BCUT2D eigenvalue weighted by atomic mass is 10.0. The Kier molecular flexibility index (Phi) is 4.70. The monoisotopic (exact) mass is 290 g/mol. The standard InChI is InChI=1S/C16H26N4O/c1-13-6-7-16(18-17-13)19-9-10-20(14-4-2-3-5-14)15(12-19)8-11-21/h6-7,14-15,21H,2-5,8-12H2,1H3/t15-/m0/s1. The molecule has 5 heteroatoms. The minimum Gasteiger partial charge on any atom is -0.396 e. The van der Waals surface area contributed by atoms with E-state index >= 15 is 0 Å². The largest absolute Gasteiger partial charge is 0.396 e. The van der Waals surface area contributed by atoms with E-state index in [4.69, 9.17) is 0 Å². The van der Waals surface area contributed by atoms with E-state index in [1.807, 2.05) is 13.0 Å². The summed E-state index contributed by atoms with van der Waals surface area (Å²) in [7, 11) is 0. The summed E-state index contributed by atoms with van der Waals surface area (Å²) in [5.74, 6) is 0.967. The van der Waals surface area contributed by atoms with E-state index in [1.54, 1.807) is 0 Å². The molecule has 0 amide bonds. The molecule has 2 aliphatic rings. The molecule has 116 valence electrons. The highest BCUT2D eigenvalue weighted by molar-refractivity contribution is 5.38. The summed E-state index contributed by atoms with van der Waals surface area (Å²) in [4.78, 5) is 4.96. The Morgan fingerprint density at radius 2 is 2.00 bits per heavy atom. The number of nitrogens with zero attached hydrogens (tertiary/aromatic N) is 4. The lowest BCUT2D eigenvalue weighted by Crippen LogP contribution is -2.56. The second-order valence-electron chi connectivity index (χ2n) is 6.32. The molecule has 0 aromatic carbocycles. The van der Waals surface area contributed by atoms with Gasteiger partial charge in [0.2, 0.25) is 0 Å². The molecule has 0 spiro atoms. The van der Waals surface area contributed by atoms with Crippen LogP contribution in [0.4, 0.5) is 5.82 Å². The lowest BCUT2D eigenvalue weighted by Gasteiger charge is -2.44. The van der Waals surface area contributed by atoms with Crippen LogP contribution < -0.4 is 4.90 Å². The lowest BCUT2D eigenvalue weighted by molar-refractivity contribution is 0.0981. The molecule has 21 heavy (non-hydrogen) atoms. The molecule has 1 atom stereocenters. The maximum Gasteiger partial charge on any atom is 0.151 e. The van der Waals surface area contributed by atoms with Crippen molar-refractivity contribution in [3.8, 4) is 0 Å². The van der Waals surface area contributed by atoms with Crippen molar-refractivity contribution in [1.82, 2.24) is 15.1 Å². The summed E-state index contributed by atoms with van der Waals surface area (Å²) in [6.07, 6.45) is 6.23. The summed E-state index contributed by atoms with van der Waals surface area (Å²) in [5.41, 5.74) is 0.954. The third-order valence-corrected chi connectivity index (χ3v) is 4.89. The minimum atomic E-state index is 0.265. The maximum absolute atomic E-state index is 9.40. The van der Waals surface area contributed by atoms with Crippen LogP contribution in [0.15, 0.2) is 12.1 Å². The SMILES string of the molecule is Cc1ccc(N2CCN(C3CCCC3)[C@@H](CCO)C2)nn1. The highest BCUT2D eigenvalue weighted by Gasteiger charge is 2.33. The second kappa shape index (κ2) is 6.71. The van der Waals surface area contributed by atoms with E-state index in [0.717, 1.165) is 43.6 Å². The zero-order chi connectivity index (χ0) is 14.7.